The minimum atomic E-state index is -1.17. The van der Waals surface area contributed by atoms with E-state index in [1.165, 1.54) is 12.8 Å². The Bertz CT molecular complexity index is 433. The van der Waals surface area contributed by atoms with Gasteiger partial charge in [0.15, 0.2) is 0 Å². The molecule has 0 saturated heterocycles. The molecule has 5 heteroatoms. The van der Waals surface area contributed by atoms with Crippen LogP contribution < -0.4 is 5.32 Å². The molecule has 0 spiro atoms. The average Bonchev–Trinajstić information content (AvgIpc) is 3.10. The Morgan fingerprint density at radius 1 is 1.71 bits per heavy atom. The van der Waals surface area contributed by atoms with Gasteiger partial charge in [-0.1, -0.05) is 6.92 Å². The molecule has 0 bridgehead atoms. The Kier molecular flexibility index (Phi) is 3.26. The Morgan fingerprint density at radius 2 is 2.41 bits per heavy atom. The van der Waals surface area contributed by atoms with E-state index in [4.69, 9.17) is 5.11 Å². The predicted molar refractivity (Wildman–Crippen MR) is 61.5 cm³/mol. The summed E-state index contributed by atoms with van der Waals surface area (Å²) in [5.41, 5.74) is -0.118. The molecular weight excluding hydrogens is 223 g/mol. The summed E-state index contributed by atoms with van der Waals surface area (Å²) < 4.78 is 12.9. The normalized spacial score (nSPS) is 16.6. The lowest BCUT2D eigenvalue weighted by Crippen LogP contribution is -2.16. The summed E-state index contributed by atoms with van der Waals surface area (Å²) in [5, 5.41) is 11.9. The second-order valence-corrected chi connectivity index (χ2v) is 4.55. The second kappa shape index (κ2) is 4.69. The number of hydrogen-bond acceptors (Lipinski definition) is 3. The largest absolute Gasteiger partial charge is 0.478 e. The van der Waals surface area contributed by atoms with Gasteiger partial charge in [0, 0.05) is 6.54 Å². The van der Waals surface area contributed by atoms with Gasteiger partial charge in [-0.3, -0.25) is 0 Å². The van der Waals surface area contributed by atoms with Crippen LogP contribution in [0.25, 0.3) is 0 Å². The van der Waals surface area contributed by atoms with E-state index in [2.05, 4.69) is 17.2 Å². The van der Waals surface area contributed by atoms with Gasteiger partial charge in [0.25, 0.3) is 0 Å². The van der Waals surface area contributed by atoms with Crippen LogP contribution in [-0.4, -0.2) is 22.6 Å². The van der Waals surface area contributed by atoms with Gasteiger partial charge >= 0.3 is 5.97 Å². The molecule has 2 rings (SSSR count). The number of carboxylic acid groups (broad SMARTS) is 1. The second-order valence-electron chi connectivity index (χ2n) is 4.55. The molecular formula is C12H15FN2O2. The molecule has 1 saturated carbocycles. The van der Waals surface area contributed by atoms with E-state index in [0.29, 0.717) is 12.5 Å². The van der Waals surface area contributed by atoms with Crippen LogP contribution in [0.15, 0.2) is 12.3 Å². The number of carbonyl (C=O) groups is 1. The number of rotatable bonds is 5. The number of halogens is 1. The van der Waals surface area contributed by atoms with Crippen molar-refractivity contribution in [2.24, 2.45) is 11.8 Å². The van der Waals surface area contributed by atoms with Gasteiger partial charge in [0.05, 0.1) is 6.20 Å². The summed E-state index contributed by atoms with van der Waals surface area (Å²) in [5.74, 6) is -0.340. The highest BCUT2D eigenvalue weighted by Crippen LogP contribution is 2.36. The molecule has 17 heavy (non-hydrogen) atoms. The van der Waals surface area contributed by atoms with Crippen molar-refractivity contribution in [3.05, 3.63) is 23.6 Å². The molecule has 1 aliphatic carbocycles. The summed E-state index contributed by atoms with van der Waals surface area (Å²) in [6.45, 7) is 2.79. The molecule has 4 nitrogen and oxygen atoms in total. The van der Waals surface area contributed by atoms with E-state index in [-0.39, 0.29) is 11.4 Å². The van der Waals surface area contributed by atoms with Crippen LogP contribution in [0.2, 0.25) is 0 Å². The summed E-state index contributed by atoms with van der Waals surface area (Å²) in [7, 11) is 0. The Morgan fingerprint density at radius 3 is 3.00 bits per heavy atom. The van der Waals surface area contributed by atoms with Crippen LogP contribution in [0.1, 0.15) is 30.1 Å². The van der Waals surface area contributed by atoms with E-state index in [1.807, 2.05) is 0 Å². The van der Waals surface area contributed by atoms with Crippen molar-refractivity contribution in [1.82, 2.24) is 4.98 Å². The number of aromatic nitrogens is 1. The zero-order valence-electron chi connectivity index (χ0n) is 9.61. The number of nitrogens with one attached hydrogen (secondary N) is 1. The van der Waals surface area contributed by atoms with E-state index in [1.54, 1.807) is 0 Å². The molecule has 1 aliphatic rings. The molecule has 0 radical (unpaired) electrons. The maximum absolute atomic E-state index is 12.9. The summed E-state index contributed by atoms with van der Waals surface area (Å²) in [6.07, 6.45) is 3.51. The maximum Gasteiger partial charge on any atom is 0.339 e. The van der Waals surface area contributed by atoms with Crippen molar-refractivity contribution in [3.63, 3.8) is 0 Å². The molecule has 2 N–H and O–H groups in total. The maximum atomic E-state index is 12.9. The van der Waals surface area contributed by atoms with Crippen molar-refractivity contribution >= 4 is 11.8 Å². The summed E-state index contributed by atoms with van der Waals surface area (Å²) >= 11 is 0. The van der Waals surface area contributed by atoms with E-state index >= 15 is 0 Å². The number of hydrogen-bond donors (Lipinski definition) is 2. The number of anilines is 1. The third-order valence-electron chi connectivity index (χ3n) is 3.10. The monoisotopic (exact) mass is 238 g/mol. The number of carboxylic acids is 1. The third kappa shape index (κ3) is 2.93. The van der Waals surface area contributed by atoms with Gasteiger partial charge in [-0.05, 0) is 30.7 Å². The molecule has 1 atom stereocenters. The quantitative estimate of drug-likeness (QED) is 0.826. The van der Waals surface area contributed by atoms with Gasteiger partial charge < -0.3 is 10.4 Å². The van der Waals surface area contributed by atoms with E-state index in [0.717, 1.165) is 18.2 Å². The van der Waals surface area contributed by atoms with Crippen LogP contribution in [0.3, 0.4) is 0 Å². The van der Waals surface area contributed by atoms with Crippen molar-refractivity contribution < 1.29 is 14.3 Å². The third-order valence-corrected chi connectivity index (χ3v) is 3.10. The topological polar surface area (TPSA) is 62.2 Å². The van der Waals surface area contributed by atoms with Crippen molar-refractivity contribution in [2.75, 3.05) is 11.9 Å². The minimum Gasteiger partial charge on any atom is -0.478 e. The molecule has 0 aliphatic heterocycles. The fourth-order valence-electron chi connectivity index (χ4n) is 1.83. The number of nitrogens with zero attached hydrogens (tertiary/aromatic N) is 1. The lowest BCUT2D eigenvalue weighted by molar-refractivity contribution is 0.0697. The van der Waals surface area contributed by atoms with E-state index < -0.39 is 11.8 Å². The molecule has 1 unspecified atom stereocenters. The molecule has 1 aromatic heterocycles. The molecule has 1 fully saturated rings. The first kappa shape index (κ1) is 11.8. The molecule has 1 aromatic rings. The van der Waals surface area contributed by atoms with Gasteiger partial charge in [-0.2, -0.15) is 0 Å². The highest BCUT2D eigenvalue weighted by molar-refractivity contribution is 5.93. The lowest BCUT2D eigenvalue weighted by atomic mass is 10.1. The first-order valence-electron chi connectivity index (χ1n) is 5.70. The van der Waals surface area contributed by atoms with Crippen LogP contribution in [0.4, 0.5) is 10.2 Å². The van der Waals surface area contributed by atoms with Crippen molar-refractivity contribution in [2.45, 2.75) is 19.8 Å². The SMILES string of the molecule is CC(CNc1ncc(F)cc1C(=O)O)C1CC1. The number of pyridine rings is 1. The highest BCUT2D eigenvalue weighted by Gasteiger charge is 2.27. The van der Waals surface area contributed by atoms with Gasteiger partial charge in [-0.25, -0.2) is 14.2 Å². The lowest BCUT2D eigenvalue weighted by Gasteiger charge is -2.13. The summed E-state index contributed by atoms with van der Waals surface area (Å²) in [6, 6.07) is 0.986. The van der Waals surface area contributed by atoms with Crippen molar-refractivity contribution in [1.29, 1.82) is 0 Å². The van der Waals surface area contributed by atoms with Crippen molar-refractivity contribution in [3.8, 4) is 0 Å². The molecule has 1 heterocycles. The zero-order valence-corrected chi connectivity index (χ0v) is 9.61. The summed E-state index contributed by atoms with van der Waals surface area (Å²) in [4.78, 5) is 14.7. The van der Waals surface area contributed by atoms with Gasteiger partial charge in [0.1, 0.15) is 17.2 Å². The van der Waals surface area contributed by atoms with E-state index in [9.17, 15) is 9.18 Å². The smallest absolute Gasteiger partial charge is 0.339 e. The fourth-order valence-corrected chi connectivity index (χ4v) is 1.83. The zero-order chi connectivity index (χ0) is 12.4. The standard InChI is InChI=1S/C12H15FN2O2/c1-7(8-2-3-8)5-14-11-10(12(16)17)4-9(13)6-15-11/h4,6-8H,2-3,5H2,1H3,(H,14,15)(H,16,17). The van der Waals surface area contributed by atoms with Gasteiger partial charge in [0.2, 0.25) is 0 Å². The predicted octanol–water partition coefficient (Wildman–Crippen LogP) is 2.38. The fraction of sp³-hybridized carbons (Fsp3) is 0.500. The Balaban J connectivity index is 2.06. The van der Waals surface area contributed by atoms with Gasteiger partial charge in [-0.15, -0.1) is 0 Å². The first-order valence-corrected chi connectivity index (χ1v) is 5.70. The van der Waals surface area contributed by atoms with Crippen LogP contribution in [0, 0.1) is 17.7 Å². The highest BCUT2D eigenvalue weighted by atomic mass is 19.1. The molecule has 92 valence electrons. The Hall–Kier alpha value is -1.65. The molecule has 0 amide bonds. The molecule has 0 aromatic carbocycles. The van der Waals surface area contributed by atoms with Crippen LogP contribution in [0.5, 0.6) is 0 Å². The average molecular weight is 238 g/mol. The minimum absolute atomic E-state index is 0.118. The van der Waals surface area contributed by atoms with Crippen LogP contribution >= 0.6 is 0 Å². The first-order chi connectivity index (χ1) is 8.08. The number of aromatic carboxylic acids is 1. The van der Waals surface area contributed by atoms with Crippen LogP contribution in [-0.2, 0) is 0 Å². The Labute approximate surface area is 98.9 Å².